The van der Waals surface area contributed by atoms with E-state index in [0.29, 0.717) is 0 Å². The number of benzene rings is 9. The quantitative estimate of drug-likeness (QED) is 0.182. The highest BCUT2D eigenvalue weighted by atomic mass is 16.3. The largest absolute Gasteiger partial charge is 0.456 e. The minimum Gasteiger partial charge on any atom is -0.456 e. The van der Waals surface area contributed by atoms with Crippen LogP contribution in [0.25, 0.3) is 93.7 Å². The molecule has 3 aromatic heterocycles. The predicted octanol–water partition coefficient (Wildman–Crippen LogP) is 14.6. The van der Waals surface area contributed by atoms with Crippen molar-refractivity contribution in [2.24, 2.45) is 4.99 Å². The fourth-order valence-electron chi connectivity index (χ4n) is 9.85. The van der Waals surface area contributed by atoms with E-state index in [-0.39, 0.29) is 6.04 Å². The third-order valence-corrected chi connectivity index (χ3v) is 12.8. The molecular formula is C58H38N4O. The molecule has 0 bridgehead atoms. The first kappa shape index (κ1) is 35.4. The summed E-state index contributed by atoms with van der Waals surface area (Å²) in [5, 5.41) is 10.8. The molecule has 296 valence electrons. The van der Waals surface area contributed by atoms with Crippen LogP contribution in [0.1, 0.15) is 22.7 Å². The number of nitrogens with zero attached hydrogens (tertiary/aromatic N) is 3. The van der Waals surface area contributed by atoms with E-state index in [0.717, 1.165) is 67.0 Å². The summed E-state index contributed by atoms with van der Waals surface area (Å²) in [5.74, 6) is 0.812. The van der Waals surface area contributed by atoms with Crippen molar-refractivity contribution in [3.8, 4) is 22.5 Å². The van der Waals surface area contributed by atoms with Gasteiger partial charge in [-0.15, -0.1) is 0 Å². The SMILES string of the molecule is C1=C(c2ccccc2)N=C(c2ccc3c(c2)oc2cccc(-n4c5ccccc5c5cc(-c6ccc7c(c6)c6ccccc6n7-c6ccccc6)ccc54)c23)NC1c1ccccc1. The molecule has 4 heterocycles. The van der Waals surface area contributed by atoms with E-state index in [4.69, 9.17) is 9.41 Å². The van der Waals surface area contributed by atoms with Crippen LogP contribution in [0.5, 0.6) is 0 Å². The summed E-state index contributed by atoms with van der Waals surface area (Å²) < 4.78 is 11.5. The zero-order valence-electron chi connectivity index (χ0n) is 34.1. The van der Waals surface area contributed by atoms with Gasteiger partial charge in [0.1, 0.15) is 17.0 Å². The summed E-state index contributed by atoms with van der Waals surface area (Å²) in [4.78, 5) is 5.18. The molecule has 0 fully saturated rings. The van der Waals surface area contributed by atoms with E-state index in [9.17, 15) is 0 Å². The normalized spacial score (nSPS) is 14.2. The molecule has 0 saturated heterocycles. The highest BCUT2D eigenvalue weighted by Gasteiger charge is 2.23. The van der Waals surface area contributed by atoms with Crippen LogP contribution in [0, 0.1) is 0 Å². The molecule has 5 heteroatoms. The minimum absolute atomic E-state index is 0.0351. The summed E-state index contributed by atoms with van der Waals surface area (Å²) in [6.07, 6.45) is 2.21. The number of amidine groups is 1. The van der Waals surface area contributed by atoms with Crippen LogP contribution >= 0.6 is 0 Å². The second-order valence-corrected chi connectivity index (χ2v) is 16.4. The minimum atomic E-state index is -0.0351. The molecule has 1 aliphatic rings. The summed E-state index contributed by atoms with van der Waals surface area (Å²) in [6.45, 7) is 0. The van der Waals surface area contributed by atoms with Crippen molar-refractivity contribution in [2.75, 3.05) is 0 Å². The molecular weight excluding hydrogens is 769 g/mol. The summed E-state index contributed by atoms with van der Waals surface area (Å²) in [7, 11) is 0. The summed E-state index contributed by atoms with van der Waals surface area (Å²) in [6, 6.07) is 75.7. The van der Waals surface area contributed by atoms with E-state index < -0.39 is 0 Å². The maximum Gasteiger partial charge on any atom is 0.137 e. The molecule has 0 aliphatic carbocycles. The topological polar surface area (TPSA) is 47.4 Å². The number of hydrogen-bond acceptors (Lipinski definition) is 3. The maximum absolute atomic E-state index is 6.73. The van der Waals surface area contributed by atoms with E-state index in [1.165, 1.54) is 49.3 Å². The number of para-hydroxylation sites is 3. The Morgan fingerprint density at radius 1 is 0.413 bits per heavy atom. The Bertz CT molecular complexity index is 3820. The molecule has 63 heavy (non-hydrogen) atoms. The van der Waals surface area contributed by atoms with Crippen molar-refractivity contribution in [2.45, 2.75) is 6.04 Å². The van der Waals surface area contributed by atoms with Crippen LogP contribution in [0.2, 0.25) is 0 Å². The summed E-state index contributed by atoms with van der Waals surface area (Å²) in [5.41, 5.74) is 15.2. The van der Waals surface area contributed by atoms with Crippen LogP contribution in [0.3, 0.4) is 0 Å². The Labute approximate surface area is 363 Å². The molecule has 0 amide bonds. The monoisotopic (exact) mass is 806 g/mol. The molecule has 1 N–H and O–H groups in total. The highest BCUT2D eigenvalue weighted by molar-refractivity contribution is 6.16. The standard InChI is InChI=1S/C58H38N4O/c1-4-15-37(16-5-1)48-36-49(38-17-6-2-7-18-38)60-58(59-48)41-27-30-45-56(35-41)63-55-26-14-25-54(57(45)55)62-51-24-13-11-22-44(51)47-34-40(29-32-53(47)62)39-28-31-52-46(33-39)43-21-10-12-23-50(43)61(52)42-19-8-3-9-20-42/h1-36,48H,(H,59,60). The second-order valence-electron chi connectivity index (χ2n) is 16.4. The van der Waals surface area contributed by atoms with Gasteiger partial charge in [-0.1, -0.05) is 140 Å². The lowest BCUT2D eigenvalue weighted by Gasteiger charge is -2.24. The van der Waals surface area contributed by atoms with Gasteiger partial charge in [0.05, 0.1) is 44.9 Å². The van der Waals surface area contributed by atoms with Gasteiger partial charge in [0, 0.05) is 38.2 Å². The van der Waals surface area contributed by atoms with E-state index in [2.05, 4.69) is 227 Å². The average Bonchev–Trinajstić information content (AvgIpc) is 4.02. The van der Waals surface area contributed by atoms with E-state index in [1.54, 1.807) is 0 Å². The molecule has 1 atom stereocenters. The molecule has 1 unspecified atom stereocenters. The molecule has 1 aliphatic heterocycles. The van der Waals surface area contributed by atoms with Crippen molar-refractivity contribution in [3.63, 3.8) is 0 Å². The number of aliphatic imine (C=N–C) groups is 1. The zero-order valence-corrected chi connectivity index (χ0v) is 34.1. The van der Waals surface area contributed by atoms with Crippen molar-refractivity contribution in [3.05, 3.63) is 235 Å². The van der Waals surface area contributed by atoms with Gasteiger partial charge in [-0.05, 0) is 101 Å². The highest BCUT2D eigenvalue weighted by Crippen LogP contribution is 2.41. The van der Waals surface area contributed by atoms with Gasteiger partial charge in [0.15, 0.2) is 0 Å². The number of nitrogens with one attached hydrogen (secondary N) is 1. The first-order chi connectivity index (χ1) is 31.2. The van der Waals surface area contributed by atoms with Crippen LogP contribution < -0.4 is 5.32 Å². The third-order valence-electron chi connectivity index (χ3n) is 12.8. The Hall–Kier alpha value is -8.41. The third kappa shape index (κ3) is 5.67. The molecule has 0 radical (unpaired) electrons. The fraction of sp³-hybridized carbons (Fsp3) is 0.0172. The van der Waals surface area contributed by atoms with Crippen molar-refractivity contribution in [1.29, 1.82) is 0 Å². The Kier molecular flexibility index (Phi) is 7.90. The number of rotatable bonds is 6. The molecule has 0 saturated carbocycles. The summed E-state index contributed by atoms with van der Waals surface area (Å²) >= 11 is 0. The number of hydrogen-bond donors (Lipinski definition) is 1. The molecule has 12 aromatic rings. The van der Waals surface area contributed by atoms with Gasteiger partial charge < -0.3 is 18.9 Å². The Morgan fingerprint density at radius 3 is 1.71 bits per heavy atom. The van der Waals surface area contributed by atoms with Gasteiger partial charge in [-0.25, -0.2) is 4.99 Å². The average molecular weight is 807 g/mol. The lowest BCUT2D eigenvalue weighted by atomic mass is 10.00. The van der Waals surface area contributed by atoms with Crippen LogP contribution in [0.4, 0.5) is 0 Å². The van der Waals surface area contributed by atoms with Gasteiger partial charge >= 0.3 is 0 Å². The first-order valence-electron chi connectivity index (χ1n) is 21.5. The van der Waals surface area contributed by atoms with Gasteiger partial charge in [0.2, 0.25) is 0 Å². The maximum atomic E-state index is 6.73. The lowest BCUT2D eigenvalue weighted by molar-refractivity contribution is 0.668. The Balaban J connectivity index is 0.932. The molecule has 5 nitrogen and oxygen atoms in total. The van der Waals surface area contributed by atoms with Crippen molar-refractivity contribution in [1.82, 2.24) is 14.5 Å². The van der Waals surface area contributed by atoms with Crippen molar-refractivity contribution >= 4 is 77.1 Å². The fourth-order valence-corrected chi connectivity index (χ4v) is 9.85. The predicted molar refractivity (Wildman–Crippen MR) is 261 cm³/mol. The smallest absolute Gasteiger partial charge is 0.137 e. The number of aromatic nitrogens is 2. The lowest BCUT2D eigenvalue weighted by Crippen LogP contribution is -2.31. The van der Waals surface area contributed by atoms with Crippen LogP contribution in [-0.4, -0.2) is 15.0 Å². The zero-order chi connectivity index (χ0) is 41.4. The van der Waals surface area contributed by atoms with Gasteiger partial charge in [-0.3, -0.25) is 0 Å². The Morgan fingerprint density at radius 2 is 1.00 bits per heavy atom. The van der Waals surface area contributed by atoms with Gasteiger partial charge in [0.25, 0.3) is 0 Å². The number of fused-ring (bicyclic) bond motifs is 9. The number of furan rings is 1. The van der Waals surface area contributed by atoms with E-state index >= 15 is 0 Å². The second kappa shape index (κ2) is 14.1. The van der Waals surface area contributed by atoms with Crippen molar-refractivity contribution < 1.29 is 4.42 Å². The molecule has 9 aromatic carbocycles. The molecule has 0 spiro atoms. The van der Waals surface area contributed by atoms with Gasteiger partial charge in [-0.2, -0.15) is 0 Å². The van der Waals surface area contributed by atoms with E-state index in [1.807, 2.05) is 6.07 Å². The van der Waals surface area contributed by atoms with Crippen LogP contribution in [-0.2, 0) is 0 Å². The molecule has 13 rings (SSSR count). The van der Waals surface area contributed by atoms with Crippen LogP contribution in [0.15, 0.2) is 228 Å². The first-order valence-corrected chi connectivity index (χ1v) is 21.5.